The summed E-state index contributed by atoms with van der Waals surface area (Å²) in [6, 6.07) is 2.20. The van der Waals surface area contributed by atoms with Gasteiger partial charge in [-0.05, 0) is 18.9 Å². The zero-order valence-electron chi connectivity index (χ0n) is 11.8. The number of carbonyl (C=O) groups is 1. The third kappa shape index (κ3) is 3.01. The minimum Gasteiger partial charge on any atom is -0.465 e. The molecule has 0 saturated carbocycles. The molecule has 3 rings (SSSR count). The molecule has 1 saturated heterocycles. The van der Waals surface area contributed by atoms with Crippen LogP contribution in [0, 0.1) is 11.6 Å². The van der Waals surface area contributed by atoms with Crippen LogP contribution in [0.3, 0.4) is 0 Å². The summed E-state index contributed by atoms with van der Waals surface area (Å²) in [6.45, 7) is 1.38. The molecule has 2 aromatic rings. The van der Waals surface area contributed by atoms with E-state index in [1.807, 2.05) is 0 Å². The molecule has 1 aromatic carbocycles. The predicted octanol–water partition coefficient (Wildman–Crippen LogP) is 2.07. The van der Waals surface area contributed by atoms with Crippen LogP contribution >= 0.6 is 0 Å². The quantitative estimate of drug-likeness (QED) is 0.810. The number of nitrogens with zero attached hydrogens (tertiary/aromatic N) is 2. The molecular weight excluding hydrogens is 294 g/mol. The zero-order chi connectivity index (χ0) is 15.7. The Morgan fingerprint density at radius 2 is 2.14 bits per heavy atom. The number of rotatable bonds is 3. The monoisotopic (exact) mass is 310 g/mol. The number of fused-ring (bicyclic) bond motifs is 1. The van der Waals surface area contributed by atoms with Crippen LogP contribution in [0.15, 0.2) is 12.1 Å². The third-order valence-electron chi connectivity index (χ3n) is 3.88. The first-order valence-corrected chi connectivity index (χ1v) is 7.08. The van der Waals surface area contributed by atoms with Crippen molar-refractivity contribution in [3.8, 4) is 0 Å². The van der Waals surface area contributed by atoms with Gasteiger partial charge in [0.25, 0.3) is 0 Å². The Morgan fingerprint density at radius 3 is 2.82 bits per heavy atom. The van der Waals surface area contributed by atoms with E-state index in [1.165, 1.54) is 11.0 Å². The normalized spacial score (nSPS) is 16.4. The van der Waals surface area contributed by atoms with Crippen molar-refractivity contribution in [2.75, 3.05) is 13.1 Å². The van der Waals surface area contributed by atoms with Gasteiger partial charge >= 0.3 is 6.09 Å². The van der Waals surface area contributed by atoms with E-state index in [2.05, 4.69) is 15.3 Å². The lowest BCUT2D eigenvalue weighted by atomic mass is 10.1. The van der Waals surface area contributed by atoms with Crippen molar-refractivity contribution in [2.45, 2.75) is 25.4 Å². The van der Waals surface area contributed by atoms with Crippen molar-refractivity contribution in [1.29, 1.82) is 0 Å². The van der Waals surface area contributed by atoms with Crippen LogP contribution < -0.4 is 5.32 Å². The fourth-order valence-corrected chi connectivity index (χ4v) is 2.69. The molecule has 0 bridgehead atoms. The first-order chi connectivity index (χ1) is 10.5. The van der Waals surface area contributed by atoms with Crippen molar-refractivity contribution < 1.29 is 18.7 Å². The molecule has 1 aliphatic rings. The van der Waals surface area contributed by atoms with Crippen LogP contribution in [0.4, 0.5) is 13.6 Å². The van der Waals surface area contributed by atoms with Gasteiger partial charge in [0.2, 0.25) is 0 Å². The number of amides is 1. The summed E-state index contributed by atoms with van der Waals surface area (Å²) in [5.41, 5.74) is 0.453. The second kappa shape index (κ2) is 5.88. The van der Waals surface area contributed by atoms with E-state index in [4.69, 9.17) is 5.11 Å². The average molecular weight is 310 g/mol. The molecule has 0 spiro atoms. The number of aromatic nitrogens is 2. The lowest BCUT2D eigenvalue weighted by Gasteiger charge is -2.30. The van der Waals surface area contributed by atoms with Crippen LogP contribution in [0.1, 0.15) is 18.7 Å². The number of nitrogens with one attached hydrogen (secondary N) is 2. The maximum atomic E-state index is 13.6. The highest BCUT2D eigenvalue weighted by atomic mass is 19.1. The van der Waals surface area contributed by atoms with Crippen LogP contribution in [-0.2, 0) is 6.54 Å². The number of piperidine rings is 1. The van der Waals surface area contributed by atoms with Crippen molar-refractivity contribution in [3.05, 3.63) is 29.6 Å². The smallest absolute Gasteiger partial charge is 0.407 e. The summed E-state index contributed by atoms with van der Waals surface area (Å²) in [5, 5.41) is 12.1. The second-order valence-corrected chi connectivity index (χ2v) is 5.39. The van der Waals surface area contributed by atoms with Gasteiger partial charge in [-0.15, -0.1) is 0 Å². The molecule has 1 aliphatic heterocycles. The molecule has 1 fully saturated rings. The molecule has 0 aliphatic carbocycles. The predicted molar refractivity (Wildman–Crippen MR) is 75.5 cm³/mol. The molecule has 0 atom stereocenters. The van der Waals surface area contributed by atoms with Gasteiger partial charge in [0, 0.05) is 25.2 Å². The summed E-state index contributed by atoms with van der Waals surface area (Å²) in [5.74, 6) is -0.804. The maximum absolute atomic E-state index is 13.6. The lowest BCUT2D eigenvalue weighted by Crippen LogP contribution is -2.44. The highest BCUT2D eigenvalue weighted by molar-refractivity contribution is 5.75. The van der Waals surface area contributed by atoms with Gasteiger partial charge in [0.1, 0.15) is 17.2 Å². The van der Waals surface area contributed by atoms with E-state index in [0.29, 0.717) is 31.0 Å². The molecule has 22 heavy (non-hydrogen) atoms. The van der Waals surface area contributed by atoms with E-state index in [1.54, 1.807) is 0 Å². The minimum absolute atomic E-state index is 0.124. The minimum atomic E-state index is -0.895. The number of hydrogen-bond acceptors (Lipinski definition) is 3. The number of halogens is 2. The largest absolute Gasteiger partial charge is 0.465 e. The van der Waals surface area contributed by atoms with Crippen LogP contribution in [0.25, 0.3) is 11.0 Å². The number of carboxylic acid groups (broad SMARTS) is 1. The van der Waals surface area contributed by atoms with Gasteiger partial charge in [-0.25, -0.2) is 18.6 Å². The van der Waals surface area contributed by atoms with Gasteiger partial charge in [0.15, 0.2) is 5.82 Å². The fourth-order valence-electron chi connectivity index (χ4n) is 2.69. The third-order valence-corrected chi connectivity index (χ3v) is 3.88. The first kappa shape index (κ1) is 14.7. The molecule has 0 unspecified atom stereocenters. The topological polar surface area (TPSA) is 81.2 Å². The van der Waals surface area contributed by atoms with Gasteiger partial charge in [0.05, 0.1) is 12.1 Å². The molecule has 3 N–H and O–H groups in total. The SMILES string of the molecule is O=C(O)N1CCC(NCc2nc3c(F)cc(F)cc3[nH]2)CC1. The number of benzene rings is 1. The van der Waals surface area contributed by atoms with Crippen molar-refractivity contribution in [2.24, 2.45) is 0 Å². The Kier molecular flexibility index (Phi) is 3.93. The van der Waals surface area contributed by atoms with Crippen LogP contribution in [0.2, 0.25) is 0 Å². The summed E-state index contributed by atoms with van der Waals surface area (Å²) >= 11 is 0. The van der Waals surface area contributed by atoms with E-state index >= 15 is 0 Å². The summed E-state index contributed by atoms with van der Waals surface area (Å²) in [7, 11) is 0. The molecule has 1 aromatic heterocycles. The summed E-state index contributed by atoms with van der Waals surface area (Å²) in [6.07, 6.45) is 0.540. The average Bonchev–Trinajstić information content (AvgIpc) is 2.89. The second-order valence-electron chi connectivity index (χ2n) is 5.39. The van der Waals surface area contributed by atoms with Crippen molar-refractivity contribution in [1.82, 2.24) is 20.2 Å². The molecular formula is C14H16F2N4O2. The standard InChI is InChI=1S/C14H16F2N4O2/c15-8-5-10(16)13-11(6-8)18-12(19-13)7-17-9-1-3-20(4-2-9)14(21)22/h5-6,9,17H,1-4,7H2,(H,18,19)(H,21,22). The van der Waals surface area contributed by atoms with Gasteiger partial charge < -0.3 is 20.3 Å². The van der Waals surface area contributed by atoms with Crippen LogP contribution in [-0.4, -0.2) is 45.2 Å². The van der Waals surface area contributed by atoms with E-state index < -0.39 is 17.7 Å². The van der Waals surface area contributed by atoms with E-state index in [-0.39, 0.29) is 11.6 Å². The van der Waals surface area contributed by atoms with E-state index in [0.717, 1.165) is 18.9 Å². The van der Waals surface area contributed by atoms with Crippen LogP contribution in [0.5, 0.6) is 0 Å². The Bertz CT molecular complexity index is 695. The Balaban J connectivity index is 1.60. The zero-order valence-corrected chi connectivity index (χ0v) is 11.8. The summed E-state index contributed by atoms with van der Waals surface area (Å²) < 4.78 is 26.7. The maximum Gasteiger partial charge on any atom is 0.407 e. The number of H-pyrrole nitrogens is 1. The molecule has 1 amide bonds. The van der Waals surface area contributed by atoms with Crippen molar-refractivity contribution in [3.63, 3.8) is 0 Å². The number of aromatic amines is 1. The molecule has 0 radical (unpaired) electrons. The van der Waals surface area contributed by atoms with Crippen molar-refractivity contribution >= 4 is 17.1 Å². The van der Waals surface area contributed by atoms with Gasteiger partial charge in [-0.2, -0.15) is 0 Å². The van der Waals surface area contributed by atoms with E-state index in [9.17, 15) is 13.6 Å². The molecule has 2 heterocycles. The highest BCUT2D eigenvalue weighted by Gasteiger charge is 2.22. The Morgan fingerprint density at radius 1 is 1.41 bits per heavy atom. The molecule has 118 valence electrons. The Labute approximate surface area is 125 Å². The lowest BCUT2D eigenvalue weighted by molar-refractivity contribution is 0.129. The Hall–Kier alpha value is -2.22. The molecule has 6 nitrogen and oxygen atoms in total. The number of likely N-dealkylation sites (tertiary alicyclic amines) is 1. The first-order valence-electron chi connectivity index (χ1n) is 7.08. The number of imidazole rings is 1. The fraction of sp³-hybridized carbons (Fsp3) is 0.429. The highest BCUT2D eigenvalue weighted by Crippen LogP contribution is 2.18. The summed E-state index contributed by atoms with van der Waals surface area (Å²) in [4.78, 5) is 19.2. The van der Waals surface area contributed by atoms with Gasteiger partial charge in [-0.3, -0.25) is 0 Å². The number of hydrogen-bond donors (Lipinski definition) is 3. The van der Waals surface area contributed by atoms with Gasteiger partial charge in [-0.1, -0.05) is 0 Å². The molecule has 8 heteroatoms.